The number of aliphatic hydroxyl groups excluding tert-OH is 3. The minimum Gasteiger partial charge on any atom is -0.388 e. The highest BCUT2D eigenvalue weighted by atomic mass is 16.5. The molecule has 4 aliphatic rings. The molecule has 178 valence electrons. The number of fused-ring (bicyclic) bond motifs is 10. The largest absolute Gasteiger partial charge is 0.388 e. The number of para-hydroxylation sites is 1. The highest BCUT2D eigenvalue weighted by molar-refractivity contribution is 6.33. The van der Waals surface area contributed by atoms with Crippen LogP contribution in [0.2, 0.25) is 0 Å². The number of hydrogen-bond acceptors (Lipinski definition) is 7. The number of carbonyl (C=O) groups is 2. The minimum absolute atomic E-state index is 0.108. The molecule has 5 N–H and O–H groups in total. The maximum atomic E-state index is 13.1. The monoisotopic (exact) mass is 473 g/mol. The molecule has 1 aromatic heterocycles. The molecule has 0 radical (unpaired) electrons. The first-order chi connectivity index (χ1) is 16.9. The fraction of sp³-hybridized carbons (Fsp3) is 0.308. The van der Waals surface area contributed by atoms with Crippen molar-refractivity contribution in [3.63, 3.8) is 0 Å². The third kappa shape index (κ3) is 2.55. The first-order valence-electron chi connectivity index (χ1n) is 11.7. The summed E-state index contributed by atoms with van der Waals surface area (Å²) in [4.78, 5) is 26.2. The van der Waals surface area contributed by atoms with Gasteiger partial charge in [0.25, 0.3) is 11.8 Å². The standard InChI is InChI=1S/C26H23N3O6/c1-10-21(30)22(31)23(32)26(35-10)29-14-9-5-3-7-12(14)16-18-17(24(33)28-25(18)34)15-11-6-2-4-8-13(11)27-19(15)20(16)29/h2-11,13,21-23,26-27,30-32H,1H3,(H,28,33,34)/t10-,11?,13?,21-,22+,23+,26+/m0/s1. The number of amides is 2. The lowest BCUT2D eigenvalue weighted by Gasteiger charge is -2.40. The molecule has 35 heavy (non-hydrogen) atoms. The third-order valence-corrected chi connectivity index (χ3v) is 7.73. The number of ether oxygens (including phenoxy) is 1. The van der Waals surface area contributed by atoms with Crippen LogP contribution in [-0.4, -0.2) is 62.2 Å². The average Bonchev–Trinajstić information content (AvgIpc) is 3.49. The Labute approximate surface area is 199 Å². The Morgan fingerprint density at radius 2 is 1.69 bits per heavy atom. The van der Waals surface area contributed by atoms with Crippen LogP contribution in [0, 0.1) is 0 Å². The number of anilines is 1. The number of aromatic nitrogens is 1. The van der Waals surface area contributed by atoms with Crippen LogP contribution in [0.4, 0.5) is 5.69 Å². The van der Waals surface area contributed by atoms with Crippen LogP contribution >= 0.6 is 0 Å². The SMILES string of the molecule is C[C@@H]1O[C@@H](n2c3ccccc3c3c4c(c5c(c32)NC2C=CC=CC52)C(=O)NC4=O)[C@H](O)[C@H](O)[C@H]1O. The number of nitrogens with one attached hydrogen (secondary N) is 2. The van der Waals surface area contributed by atoms with Crippen molar-refractivity contribution in [3.05, 3.63) is 65.3 Å². The van der Waals surface area contributed by atoms with E-state index in [0.717, 1.165) is 10.9 Å². The summed E-state index contributed by atoms with van der Waals surface area (Å²) >= 11 is 0. The second-order valence-corrected chi connectivity index (χ2v) is 9.60. The van der Waals surface area contributed by atoms with Gasteiger partial charge in [0.2, 0.25) is 0 Å². The van der Waals surface area contributed by atoms with Crippen molar-refractivity contribution in [1.29, 1.82) is 0 Å². The van der Waals surface area contributed by atoms with Crippen LogP contribution in [-0.2, 0) is 4.74 Å². The molecule has 4 heterocycles. The summed E-state index contributed by atoms with van der Waals surface area (Å²) < 4.78 is 7.85. The molecule has 2 aromatic carbocycles. The van der Waals surface area contributed by atoms with Crippen LogP contribution in [0.25, 0.3) is 21.8 Å². The van der Waals surface area contributed by atoms with E-state index in [-0.39, 0.29) is 12.0 Å². The number of rotatable bonds is 1. The predicted molar refractivity (Wildman–Crippen MR) is 127 cm³/mol. The number of benzene rings is 2. The van der Waals surface area contributed by atoms with E-state index >= 15 is 0 Å². The van der Waals surface area contributed by atoms with Crippen LogP contribution in [0.5, 0.6) is 0 Å². The molecule has 2 unspecified atom stereocenters. The summed E-state index contributed by atoms with van der Waals surface area (Å²) in [5, 5.41) is 39.2. The molecule has 1 fully saturated rings. The Morgan fingerprint density at radius 3 is 2.51 bits per heavy atom. The Hall–Kier alpha value is -3.50. The second kappa shape index (κ2) is 7.02. The first kappa shape index (κ1) is 20.8. The van der Waals surface area contributed by atoms with Gasteiger partial charge in [-0.2, -0.15) is 0 Å². The van der Waals surface area contributed by atoms with E-state index < -0.39 is 42.5 Å². The molecule has 9 heteroatoms. The predicted octanol–water partition coefficient (Wildman–Crippen LogP) is 1.68. The molecule has 0 spiro atoms. The van der Waals surface area contributed by atoms with Crippen LogP contribution in [0.3, 0.4) is 0 Å². The van der Waals surface area contributed by atoms with Gasteiger partial charge in [-0.05, 0) is 13.0 Å². The van der Waals surface area contributed by atoms with E-state index in [9.17, 15) is 24.9 Å². The van der Waals surface area contributed by atoms with Gasteiger partial charge in [-0.25, -0.2) is 0 Å². The molecule has 2 amide bonds. The van der Waals surface area contributed by atoms with Gasteiger partial charge >= 0.3 is 0 Å². The van der Waals surface area contributed by atoms with E-state index in [1.54, 1.807) is 11.5 Å². The minimum atomic E-state index is -1.43. The van der Waals surface area contributed by atoms with Crippen molar-refractivity contribution in [2.45, 2.75) is 49.5 Å². The van der Waals surface area contributed by atoms with Gasteiger partial charge in [-0.3, -0.25) is 14.9 Å². The van der Waals surface area contributed by atoms with Crippen molar-refractivity contribution in [1.82, 2.24) is 9.88 Å². The van der Waals surface area contributed by atoms with Gasteiger partial charge in [-0.1, -0.05) is 42.5 Å². The van der Waals surface area contributed by atoms with Crippen LogP contribution in [0.15, 0.2) is 48.6 Å². The van der Waals surface area contributed by atoms with Crippen molar-refractivity contribution >= 4 is 39.3 Å². The lowest BCUT2D eigenvalue weighted by Crippen LogP contribution is -2.54. The Morgan fingerprint density at radius 1 is 0.943 bits per heavy atom. The van der Waals surface area contributed by atoms with Gasteiger partial charge in [0, 0.05) is 22.3 Å². The first-order valence-corrected chi connectivity index (χ1v) is 11.7. The van der Waals surface area contributed by atoms with Crippen molar-refractivity contribution in [2.75, 3.05) is 5.32 Å². The quantitative estimate of drug-likeness (QED) is 0.340. The summed E-state index contributed by atoms with van der Waals surface area (Å²) in [7, 11) is 0. The van der Waals surface area contributed by atoms with Crippen molar-refractivity contribution in [2.24, 2.45) is 0 Å². The van der Waals surface area contributed by atoms with E-state index in [1.807, 2.05) is 48.6 Å². The summed E-state index contributed by atoms with van der Waals surface area (Å²) in [6.07, 6.45) is 2.00. The van der Waals surface area contributed by atoms with Gasteiger partial charge < -0.3 is 29.9 Å². The molecular formula is C26H23N3O6. The topological polar surface area (TPSA) is 133 Å². The molecule has 1 aliphatic carbocycles. The zero-order valence-electron chi connectivity index (χ0n) is 18.7. The fourth-order valence-corrected chi connectivity index (χ4v) is 6.14. The lowest BCUT2D eigenvalue weighted by molar-refractivity contribution is -0.238. The maximum Gasteiger partial charge on any atom is 0.259 e. The fourth-order valence-electron chi connectivity index (χ4n) is 6.14. The number of allylic oxidation sites excluding steroid dienone is 2. The normalized spacial score (nSPS) is 33.1. The van der Waals surface area contributed by atoms with Crippen molar-refractivity contribution < 1.29 is 29.6 Å². The molecule has 7 rings (SSSR count). The zero-order valence-corrected chi connectivity index (χ0v) is 18.7. The number of nitrogens with zero attached hydrogens (tertiary/aromatic N) is 1. The van der Waals surface area contributed by atoms with E-state index in [2.05, 4.69) is 10.6 Å². The van der Waals surface area contributed by atoms with Crippen LogP contribution < -0.4 is 10.6 Å². The molecule has 1 saturated heterocycles. The van der Waals surface area contributed by atoms with Gasteiger partial charge in [0.05, 0.1) is 40.0 Å². The molecule has 0 saturated carbocycles. The third-order valence-electron chi connectivity index (χ3n) is 7.73. The van der Waals surface area contributed by atoms with E-state index in [4.69, 9.17) is 4.74 Å². The zero-order chi connectivity index (χ0) is 24.2. The van der Waals surface area contributed by atoms with Gasteiger partial charge in [-0.15, -0.1) is 0 Å². The van der Waals surface area contributed by atoms with E-state index in [0.29, 0.717) is 33.2 Å². The number of carbonyl (C=O) groups excluding carboxylic acids is 2. The Balaban J connectivity index is 1.63. The highest BCUT2D eigenvalue weighted by Crippen LogP contribution is 2.51. The molecule has 7 atom stereocenters. The summed E-state index contributed by atoms with van der Waals surface area (Å²) in [6, 6.07) is 7.29. The molecular weight excluding hydrogens is 450 g/mol. The smallest absolute Gasteiger partial charge is 0.259 e. The average molecular weight is 473 g/mol. The summed E-state index contributed by atoms with van der Waals surface area (Å²) in [5.41, 5.74) is 3.38. The summed E-state index contributed by atoms with van der Waals surface area (Å²) in [6.45, 7) is 1.64. The second-order valence-electron chi connectivity index (χ2n) is 9.60. The summed E-state index contributed by atoms with van der Waals surface area (Å²) in [5.74, 6) is -1.04. The molecule has 9 nitrogen and oxygen atoms in total. The molecule has 3 aromatic rings. The highest BCUT2D eigenvalue weighted by Gasteiger charge is 2.47. The van der Waals surface area contributed by atoms with Gasteiger partial charge in [0.1, 0.15) is 18.3 Å². The number of hydrogen-bond donors (Lipinski definition) is 5. The van der Waals surface area contributed by atoms with Crippen LogP contribution in [0.1, 0.15) is 45.3 Å². The number of aliphatic hydroxyl groups is 3. The van der Waals surface area contributed by atoms with E-state index in [1.165, 1.54) is 0 Å². The Kier molecular flexibility index (Phi) is 4.18. The molecule has 0 bridgehead atoms. The number of imide groups is 1. The van der Waals surface area contributed by atoms with Gasteiger partial charge in [0.15, 0.2) is 6.23 Å². The maximum absolute atomic E-state index is 13.1. The molecule has 3 aliphatic heterocycles. The Bertz CT molecular complexity index is 1520. The lowest BCUT2D eigenvalue weighted by atomic mass is 9.86. The van der Waals surface area contributed by atoms with Crippen molar-refractivity contribution in [3.8, 4) is 0 Å².